The quantitative estimate of drug-likeness (QED) is 0.696. The van der Waals surface area contributed by atoms with Crippen molar-refractivity contribution >= 4 is 17.7 Å². The van der Waals surface area contributed by atoms with Gasteiger partial charge in [0.25, 0.3) is 0 Å². The maximum atomic E-state index is 13.7. The topological polar surface area (TPSA) is 78.5 Å². The first kappa shape index (κ1) is 21.6. The van der Waals surface area contributed by atoms with Crippen molar-refractivity contribution < 1.29 is 14.4 Å². The molecule has 2 atom stereocenters. The summed E-state index contributed by atoms with van der Waals surface area (Å²) in [5, 5.41) is 6.37. The third-order valence-corrected chi connectivity index (χ3v) is 7.95. The number of likely N-dealkylation sites (tertiary alicyclic amines) is 1. The van der Waals surface area contributed by atoms with E-state index in [1.165, 1.54) is 19.3 Å². The standard InChI is InChI=1S/C24H39N3O3/c28-22(18-11-4-5-12-18)26-21(17-9-2-1-3-10-17)24(30)27-16-8-15-20(27)23(29)25-19-13-6-7-14-19/h17-21H,1-16H2,(H,25,29)(H,26,28)/t20-,21-/m0/s1. The summed E-state index contributed by atoms with van der Waals surface area (Å²) in [5.74, 6) is 0.317. The monoisotopic (exact) mass is 417 g/mol. The number of hydrogen-bond donors (Lipinski definition) is 2. The lowest BCUT2D eigenvalue weighted by molar-refractivity contribution is -0.143. The van der Waals surface area contributed by atoms with E-state index >= 15 is 0 Å². The highest BCUT2D eigenvalue weighted by Crippen LogP contribution is 2.31. The molecule has 2 N–H and O–H groups in total. The molecule has 4 rings (SSSR count). The van der Waals surface area contributed by atoms with Gasteiger partial charge in [-0.3, -0.25) is 14.4 Å². The van der Waals surface area contributed by atoms with Crippen LogP contribution in [0.1, 0.15) is 96.3 Å². The van der Waals surface area contributed by atoms with E-state index in [2.05, 4.69) is 10.6 Å². The first-order valence-electron chi connectivity index (χ1n) is 12.5. The second-order valence-electron chi connectivity index (χ2n) is 10.0. The highest BCUT2D eigenvalue weighted by molar-refractivity contribution is 5.93. The highest BCUT2D eigenvalue weighted by atomic mass is 16.2. The van der Waals surface area contributed by atoms with Gasteiger partial charge in [-0.1, -0.05) is 44.9 Å². The van der Waals surface area contributed by atoms with Gasteiger partial charge in [0.2, 0.25) is 17.7 Å². The molecular weight excluding hydrogens is 378 g/mol. The van der Waals surface area contributed by atoms with Crippen molar-refractivity contribution in [2.24, 2.45) is 11.8 Å². The fourth-order valence-corrected chi connectivity index (χ4v) is 6.16. The fourth-order valence-electron chi connectivity index (χ4n) is 6.16. The number of carbonyl (C=O) groups excluding carboxylic acids is 3. The summed E-state index contributed by atoms with van der Waals surface area (Å²) < 4.78 is 0. The minimum absolute atomic E-state index is 0.0114. The van der Waals surface area contributed by atoms with Crippen molar-refractivity contribution in [3.8, 4) is 0 Å². The number of nitrogens with one attached hydrogen (secondary N) is 2. The number of carbonyl (C=O) groups is 3. The average molecular weight is 418 g/mol. The smallest absolute Gasteiger partial charge is 0.246 e. The highest BCUT2D eigenvalue weighted by Gasteiger charge is 2.41. The van der Waals surface area contributed by atoms with Gasteiger partial charge in [-0.2, -0.15) is 0 Å². The van der Waals surface area contributed by atoms with Gasteiger partial charge in [-0.25, -0.2) is 0 Å². The molecule has 3 saturated carbocycles. The third kappa shape index (κ3) is 5.00. The first-order chi connectivity index (χ1) is 14.6. The normalized spacial score (nSPS) is 27.3. The Kier molecular flexibility index (Phi) is 7.32. The molecule has 168 valence electrons. The fraction of sp³-hybridized carbons (Fsp3) is 0.875. The first-order valence-corrected chi connectivity index (χ1v) is 12.5. The van der Waals surface area contributed by atoms with Gasteiger partial charge in [0.1, 0.15) is 12.1 Å². The van der Waals surface area contributed by atoms with Crippen LogP contribution < -0.4 is 10.6 Å². The van der Waals surface area contributed by atoms with Gasteiger partial charge in [0.15, 0.2) is 0 Å². The summed E-state index contributed by atoms with van der Waals surface area (Å²) in [4.78, 5) is 41.3. The lowest BCUT2D eigenvalue weighted by Gasteiger charge is -2.35. The molecule has 1 aliphatic heterocycles. The predicted octanol–water partition coefficient (Wildman–Crippen LogP) is 3.29. The van der Waals surface area contributed by atoms with Gasteiger partial charge in [0, 0.05) is 18.5 Å². The van der Waals surface area contributed by atoms with Crippen LogP contribution in [-0.2, 0) is 14.4 Å². The summed E-state index contributed by atoms with van der Waals surface area (Å²) in [6.07, 6.45) is 15.6. The van der Waals surface area contributed by atoms with E-state index < -0.39 is 6.04 Å². The van der Waals surface area contributed by atoms with Gasteiger partial charge in [-0.05, 0) is 57.3 Å². The van der Waals surface area contributed by atoms with Gasteiger partial charge < -0.3 is 15.5 Å². The molecule has 1 saturated heterocycles. The van der Waals surface area contributed by atoms with Crippen LogP contribution >= 0.6 is 0 Å². The van der Waals surface area contributed by atoms with Crippen LogP contribution in [0.5, 0.6) is 0 Å². The molecule has 30 heavy (non-hydrogen) atoms. The van der Waals surface area contributed by atoms with Gasteiger partial charge >= 0.3 is 0 Å². The van der Waals surface area contributed by atoms with E-state index in [9.17, 15) is 14.4 Å². The minimum atomic E-state index is -0.460. The second kappa shape index (κ2) is 10.1. The van der Waals surface area contributed by atoms with Crippen molar-refractivity contribution in [1.82, 2.24) is 15.5 Å². The summed E-state index contributed by atoms with van der Waals surface area (Å²) >= 11 is 0. The molecule has 3 amide bonds. The Morgan fingerprint density at radius 2 is 1.33 bits per heavy atom. The van der Waals surface area contributed by atoms with Crippen LogP contribution in [-0.4, -0.2) is 47.3 Å². The maximum Gasteiger partial charge on any atom is 0.246 e. The molecule has 0 unspecified atom stereocenters. The molecule has 4 fully saturated rings. The summed E-state index contributed by atoms with van der Waals surface area (Å²) in [5.41, 5.74) is 0. The van der Waals surface area contributed by atoms with E-state index in [-0.39, 0.29) is 41.6 Å². The number of amides is 3. The van der Waals surface area contributed by atoms with E-state index in [1.807, 2.05) is 0 Å². The van der Waals surface area contributed by atoms with Crippen molar-refractivity contribution in [2.45, 2.75) is 114 Å². The Bertz CT molecular complexity index is 619. The summed E-state index contributed by atoms with van der Waals surface area (Å²) in [6.45, 7) is 0.629. The van der Waals surface area contributed by atoms with Crippen molar-refractivity contribution in [2.75, 3.05) is 6.54 Å². The zero-order valence-electron chi connectivity index (χ0n) is 18.4. The molecule has 0 aromatic heterocycles. The van der Waals surface area contributed by atoms with Gasteiger partial charge in [-0.15, -0.1) is 0 Å². The number of nitrogens with zero attached hydrogens (tertiary/aromatic N) is 1. The van der Waals surface area contributed by atoms with E-state index in [0.29, 0.717) is 6.54 Å². The van der Waals surface area contributed by atoms with E-state index in [4.69, 9.17) is 0 Å². The van der Waals surface area contributed by atoms with Crippen LogP contribution in [0.2, 0.25) is 0 Å². The number of hydrogen-bond acceptors (Lipinski definition) is 3. The maximum absolute atomic E-state index is 13.7. The molecule has 0 bridgehead atoms. The largest absolute Gasteiger partial charge is 0.352 e. The molecule has 1 heterocycles. The zero-order valence-corrected chi connectivity index (χ0v) is 18.4. The van der Waals surface area contributed by atoms with E-state index in [1.54, 1.807) is 4.90 Å². The Morgan fingerprint density at radius 1 is 0.700 bits per heavy atom. The lowest BCUT2D eigenvalue weighted by atomic mass is 9.83. The van der Waals surface area contributed by atoms with E-state index in [0.717, 1.165) is 77.0 Å². The average Bonchev–Trinajstić information content (AvgIpc) is 3.54. The van der Waals surface area contributed by atoms with Crippen molar-refractivity contribution in [3.63, 3.8) is 0 Å². The molecule has 0 aromatic rings. The molecule has 0 radical (unpaired) electrons. The number of rotatable bonds is 6. The SMILES string of the molecule is O=C(N[C@H](C(=O)N1CCC[C@H]1C(=O)NC1CCCC1)C1CCCCC1)C1CCCC1. The molecular formula is C24H39N3O3. The molecule has 4 aliphatic rings. The zero-order chi connectivity index (χ0) is 20.9. The van der Waals surface area contributed by atoms with Crippen LogP contribution in [0.3, 0.4) is 0 Å². The van der Waals surface area contributed by atoms with Crippen molar-refractivity contribution in [1.29, 1.82) is 0 Å². The van der Waals surface area contributed by atoms with Crippen molar-refractivity contribution in [3.05, 3.63) is 0 Å². The Morgan fingerprint density at radius 3 is 2.03 bits per heavy atom. The van der Waals surface area contributed by atoms with Crippen LogP contribution in [0, 0.1) is 11.8 Å². The Labute approximate surface area is 180 Å². The molecule has 0 spiro atoms. The lowest BCUT2D eigenvalue weighted by Crippen LogP contribution is -2.57. The predicted molar refractivity (Wildman–Crippen MR) is 116 cm³/mol. The Hall–Kier alpha value is -1.59. The molecule has 6 heteroatoms. The third-order valence-electron chi connectivity index (χ3n) is 7.95. The summed E-state index contributed by atoms with van der Waals surface area (Å²) in [7, 11) is 0. The Balaban J connectivity index is 1.44. The van der Waals surface area contributed by atoms with Crippen LogP contribution in [0.25, 0.3) is 0 Å². The molecule has 0 aromatic carbocycles. The minimum Gasteiger partial charge on any atom is -0.352 e. The molecule has 6 nitrogen and oxygen atoms in total. The second-order valence-corrected chi connectivity index (χ2v) is 10.0. The molecule has 3 aliphatic carbocycles. The van der Waals surface area contributed by atoms with Crippen LogP contribution in [0.15, 0.2) is 0 Å². The van der Waals surface area contributed by atoms with Crippen LogP contribution in [0.4, 0.5) is 0 Å². The summed E-state index contributed by atoms with van der Waals surface area (Å²) in [6, 6.07) is -0.558. The van der Waals surface area contributed by atoms with Gasteiger partial charge in [0.05, 0.1) is 0 Å².